The molecule has 6 nitrogen and oxygen atoms in total. The highest BCUT2D eigenvalue weighted by Gasteiger charge is 2.34. The van der Waals surface area contributed by atoms with Gasteiger partial charge in [0.2, 0.25) is 0 Å². The smallest absolute Gasteiger partial charge is 0.325 e. The van der Waals surface area contributed by atoms with Crippen molar-refractivity contribution < 1.29 is 35.1 Å². The van der Waals surface area contributed by atoms with E-state index in [9.17, 15) is 35.1 Å². The molecule has 0 atom stereocenters. The number of hydrogen-bond acceptors (Lipinski definition) is 6. The minimum atomic E-state index is -4.74. The van der Waals surface area contributed by atoms with Crippen LogP contribution < -0.4 is 5.73 Å². The van der Waals surface area contributed by atoms with Gasteiger partial charge in [-0.3, -0.25) is 0 Å². The lowest BCUT2D eigenvalue weighted by Crippen LogP contribution is -2.08. The summed E-state index contributed by atoms with van der Waals surface area (Å²) in [4.78, 5) is 15.1. The van der Waals surface area contributed by atoms with E-state index in [2.05, 4.69) is 19.9 Å². The van der Waals surface area contributed by atoms with Gasteiger partial charge in [0, 0.05) is 23.7 Å². The molecule has 0 aliphatic heterocycles. The van der Waals surface area contributed by atoms with Crippen molar-refractivity contribution in [1.82, 2.24) is 19.9 Å². The van der Waals surface area contributed by atoms with Gasteiger partial charge in [0.05, 0.1) is 28.2 Å². The second-order valence-electron chi connectivity index (χ2n) is 7.38. The van der Waals surface area contributed by atoms with Crippen LogP contribution in [-0.4, -0.2) is 19.9 Å². The van der Waals surface area contributed by atoms with Crippen molar-refractivity contribution in [3.05, 3.63) is 95.3 Å². The van der Waals surface area contributed by atoms with Crippen molar-refractivity contribution in [2.75, 3.05) is 0 Å². The quantitative estimate of drug-likeness (QED) is 0.325. The first-order chi connectivity index (χ1) is 17.8. The topological polar surface area (TPSA) is 101 Å². The molecule has 14 heteroatoms. The van der Waals surface area contributed by atoms with E-state index in [1.165, 1.54) is 18.5 Å². The van der Waals surface area contributed by atoms with Crippen LogP contribution in [0.1, 0.15) is 22.5 Å². The van der Waals surface area contributed by atoms with E-state index < -0.39 is 35.1 Å². The van der Waals surface area contributed by atoms with Crippen LogP contribution in [-0.2, 0) is 18.9 Å². The summed E-state index contributed by atoms with van der Waals surface area (Å²) in [7, 11) is 0. The third-order valence-electron chi connectivity index (χ3n) is 4.85. The molecule has 2 N–H and O–H groups in total. The zero-order valence-corrected chi connectivity index (χ0v) is 18.8. The Balaban J connectivity index is 0.000000211. The lowest BCUT2D eigenvalue weighted by atomic mass is 10.1. The van der Waals surface area contributed by atoms with Gasteiger partial charge in [0.1, 0.15) is 36.1 Å². The van der Waals surface area contributed by atoms with Crippen LogP contribution in [0.3, 0.4) is 0 Å². The molecule has 0 radical (unpaired) electrons. The molecule has 4 aromatic rings. The summed E-state index contributed by atoms with van der Waals surface area (Å²) in [6, 6.07) is 9.64. The molecule has 2 aromatic heterocycles. The van der Waals surface area contributed by atoms with Gasteiger partial charge in [-0.15, -0.1) is 0 Å². The van der Waals surface area contributed by atoms with Gasteiger partial charge < -0.3 is 5.73 Å². The molecule has 196 valence electrons. The summed E-state index contributed by atoms with van der Waals surface area (Å²) >= 11 is 0. The van der Waals surface area contributed by atoms with E-state index >= 15 is 0 Å². The third kappa shape index (κ3) is 6.83. The van der Waals surface area contributed by atoms with E-state index in [0.717, 1.165) is 30.6 Å². The largest absolute Gasteiger partial charge is 0.419 e. The minimum absolute atomic E-state index is 0.0466. The van der Waals surface area contributed by atoms with Crippen LogP contribution in [0.5, 0.6) is 0 Å². The van der Waals surface area contributed by atoms with Crippen LogP contribution in [0.15, 0.2) is 61.2 Å². The second kappa shape index (κ2) is 11.3. The predicted octanol–water partition coefficient (Wildman–Crippen LogP) is 5.93. The molecule has 0 aliphatic rings. The molecule has 4 rings (SSSR count). The van der Waals surface area contributed by atoms with Crippen LogP contribution >= 0.6 is 0 Å². The van der Waals surface area contributed by atoms with Crippen molar-refractivity contribution in [1.29, 1.82) is 5.26 Å². The van der Waals surface area contributed by atoms with E-state index in [4.69, 9.17) is 11.0 Å². The standard InChI is InChI=1S/C12H9F4N3.C12H5F4N3/c2*13-10-3-7(1-2-9(10)12(14,15)16)11-4-8(5-17)18-6-19-11/h1-4,6H,5,17H2;1-4,6H. The summed E-state index contributed by atoms with van der Waals surface area (Å²) in [6.07, 6.45) is -7.14. The summed E-state index contributed by atoms with van der Waals surface area (Å²) in [5, 5.41) is 8.65. The highest BCUT2D eigenvalue weighted by Crippen LogP contribution is 2.34. The van der Waals surface area contributed by atoms with Gasteiger partial charge in [-0.25, -0.2) is 28.7 Å². The van der Waals surface area contributed by atoms with Gasteiger partial charge in [-0.05, 0) is 30.3 Å². The van der Waals surface area contributed by atoms with Crippen LogP contribution in [0.25, 0.3) is 22.5 Å². The Bertz CT molecular complexity index is 1480. The molecule has 0 spiro atoms. The fourth-order valence-electron chi connectivity index (χ4n) is 3.05. The van der Waals surface area contributed by atoms with Gasteiger partial charge in [-0.2, -0.15) is 31.6 Å². The molecule has 0 fully saturated rings. The monoisotopic (exact) mass is 538 g/mol. The molecular formula is C24H14F8N6. The van der Waals surface area contributed by atoms with Crippen LogP contribution in [0.4, 0.5) is 35.1 Å². The zero-order valence-electron chi connectivity index (χ0n) is 18.8. The van der Waals surface area contributed by atoms with Crippen LogP contribution in [0.2, 0.25) is 0 Å². The summed E-state index contributed by atoms with van der Waals surface area (Å²) in [5.41, 5.74) is 4.20. The van der Waals surface area contributed by atoms with Gasteiger partial charge in [0.25, 0.3) is 0 Å². The molecule has 2 heterocycles. The van der Waals surface area contributed by atoms with Crippen molar-refractivity contribution in [3.8, 4) is 28.6 Å². The van der Waals surface area contributed by atoms with Crippen molar-refractivity contribution in [3.63, 3.8) is 0 Å². The van der Waals surface area contributed by atoms with Crippen LogP contribution in [0, 0.1) is 23.0 Å². The molecule has 0 saturated carbocycles. The molecule has 0 amide bonds. The van der Waals surface area contributed by atoms with E-state index in [1.807, 2.05) is 0 Å². The Kier molecular flexibility index (Phi) is 8.32. The Hall–Kier alpha value is -4.51. The molecule has 0 unspecified atom stereocenters. The number of aromatic nitrogens is 4. The maximum absolute atomic E-state index is 13.4. The number of alkyl halides is 6. The third-order valence-corrected chi connectivity index (χ3v) is 4.85. The van der Waals surface area contributed by atoms with Gasteiger partial charge >= 0.3 is 12.4 Å². The number of rotatable bonds is 3. The minimum Gasteiger partial charge on any atom is -0.325 e. The predicted molar refractivity (Wildman–Crippen MR) is 117 cm³/mol. The average molecular weight is 538 g/mol. The highest BCUT2D eigenvalue weighted by molar-refractivity contribution is 5.61. The fraction of sp³-hybridized carbons (Fsp3) is 0.125. The number of nitriles is 1. The lowest BCUT2D eigenvalue weighted by molar-refractivity contribution is -0.140. The molecule has 0 bridgehead atoms. The first kappa shape index (κ1) is 28.1. The summed E-state index contributed by atoms with van der Waals surface area (Å²) < 4.78 is 101. The molecule has 0 saturated heterocycles. The second-order valence-corrected chi connectivity index (χ2v) is 7.38. The van der Waals surface area contributed by atoms with E-state index in [-0.39, 0.29) is 29.1 Å². The molecule has 2 aromatic carbocycles. The Morgan fingerprint density at radius 3 is 1.58 bits per heavy atom. The van der Waals surface area contributed by atoms with Crippen molar-refractivity contribution >= 4 is 0 Å². The maximum atomic E-state index is 13.4. The molecular weight excluding hydrogens is 524 g/mol. The Morgan fingerprint density at radius 1 is 0.684 bits per heavy atom. The average Bonchev–Trinajstić information content (AvgIpc) is 2.87. The zero-order chi connectivity index (χ0) is 28.1. The number of benzene rings is 2. The summed E-state index contributed by atoms with van der Waals surface area (Å²) in [5.74, 6) is -2.72. The van der Waals surface area contributed by atoms with Gasteiger partial charge in [0.15, 0.2) is 0 Å². The number of hydrogen-bond donors (Lipinski definition) is 1. The maximum Gasteiger partial charge on any atom is 0.419 e. The van der Waals surface area contributed by atoms with Gasteiger partial charge in [-0.1, -0.05) is 12.1 Å². The number of halogens is 8. The van der Waals surface area contributed by atoms with Crippen molar-refractivity contribution in [2.45, 2.75) is 18.9 Å². The molecule has 0 aliphatic carbocycles. The first-order valence-electron chi connectivity index (χ1n) is 10.3. The normalized spacial score (nSPS) is 11.4. The van der Waals surface area contributed by atoms with Crippen molar-refractivity contribution in [2.24, 2.45) is 5.73 Å². The highest BCUT2D eigenvalue weighted by atomic mass is 19.4. The SMILES string of the molecule is N#Cc1cc(-c2ccc(C(F)(F)F)c(F)c2)ncn1.NCc1cc(-c2ccc(C(F)(F)F)c(F)c2)ncn1. The number of nitrogens with zero attached hydrogens (tertiary/aromatic N) is 5. The fourth-order valence-corrected chi connectivity index (χ4v) is 3.05. The molecule has 38 heavy (non-hydrogen) atoms. The van der Waals surface area contributed by atoms with E-state index in [0.29, 0.717) is 23.5 Å². The van der Waals surface area contributed by atoms with E-state index in [1.54, 1.807) is 6.07 Å². The Morgan fingerprint density at radius 2 is 1.16 bits per heavy atom. The summed E-state index contributed by atoms with van der Waals surface area (Å²) in [6.45, 7) is 0.165. The Labute approximate surface area is 209 Å². The lowest BCUT2D eigenvalue weighted by Gasteiger charge is -2.09. The first-order valence-corrected chi connectivity index (χ1v) is 10.3. The number of nitrogens with two attached hydrogens (primary N) is 1.